The molecule has 0 fully saturated rings. The maximum Gasteiger partial charge on any atom is 0.354 e. The van der Waals surface area contributed by atoms with Crippen molar-refractivity contribution >= 4 is 11.9 Å². The first-order chi connectivity index (χ1) is 8.56. The Balaban J connectivity index is 3.44. The molecule has 0 N–H and O–H groups in total. The van der Waals surface area contributed by atoms with Crippen LogP contribution in [0.3, 0.4) is 0 Å². The van der Waals surface area contributed by atoms with Crippen LogP contribution in [-0.2, 0) is 19.1 Å². The molecule has 0 aromatic carbocycles. The molecule has 1 aromatic rings. The van der Waals surface area contributed by atoms with Gasteiger partial charge in [-0.3, -0.25) is 9.59 Å². The number of esters is 2. The van der Waals surface area contributed by atoms with Crippen LogP contribution in [0.15, 0.2) is 21.5 Å². The summed E-state index contributed by atoms with van der Waals surface area (Å²) in [6, 6.07) is 2.76. The normalized spacial score (nSPS) is 9.67. The lowest BCUT2D eigenvalue weighted by molar-refractivity contribution is -0.154. The molecule has 0 amide bonds. The first-order valence-electron chi connectivity index (χ1n) is 4.74. The van der Waals surface area contributed by atoms with Gasteiger partial charge in [0.05, 0.1) is 20.5 Å². The molecule has 0 aliphatic rings. The standard InChI is InChI=1S/C11H9NO6/c1-16-10(14)8(11(15)17-2)6-3-4-18-9(13)7(6)5-12/h3-4,8H,1-2H3. The molecule has 0 radical (unpaired) electrons. The highest BCUT2D eigenvalue weighted by molar-refractivity contribution is 6.01. The molecule has 0 saturated heterocycles. The van der Waals surface area contributed by atoms with Crippen molar-refractivity contribution < 1.29 is 23.5 Å². The van der Waals surface area contributed by atoms with Gasteiger partial charge in [-0.1, -0.05) is 0 Å². The van der Waals surface area contributed by atoms with Crippen molar-refractivity contribution in [1.82, 2.24) is 0 Å². The monoisotopic (exact) mass is 251 g/mol. The second-order valence-corrected chi connectivity index (χ2v) is 3.13. The van der Waals surface area contributed by atoms with E-state index in [0.717, 1.165) is 20.5 Å². The van der Waals surface area contributed by atoms with E-state index in [4.69, 9.17) is 5.26 Å². The fraction of sp³-hybridized carbons (Fsp3) is 0.273. The summed E-state index contributed by atoms with van der Waals surface area (Å²) in [5, 5.41) is 8.84. The number of hydrogen-bond donors (Lipinski definition) is 0. The molecule has 0 aliphatic heterocycles. The Morgan fingerprint density at radius 1 is 1.33 bits per heavy atom. The van der Waals surface area contributed by atoms with Gasteiger partial charge in [0, 0.05) is 5.56 Å². The summed E-state index contributed by atoms with van der Waals surface area (Å²) in [6.07, 6.45) is 0.984. The number of nitrogens with zero attached hydrogens (tertiary/aromatic N) is 1. The van der Waals surface area contributed by atoms with Crippen LogP contribution in [-0.4, -0.2) is 26.2 Å². The van der Waals surface area contributed by atoms with Gasteiger partial charge >= 0.3 is 17.6 Å². The fourth-order valence-electron chi connectivity index (χ4n) is 1.37. The Bertz CT molecular complexity index is 552. The summed E-state index contributed by atoms with van der Waals surface area (Å²) in [5.41, 5.74) is -1.47. The number of rotatable bonds is 3. The Morgan fingerprint density at radius 2 is 1.89 bits per heavy atom. The van der Waals surface area contributed by atoms with Gasteiger partial charge in [0.1, 0.15) is 11.6 Å². The maximum absolute atomic E-state index is 11.5. The van der Waals surface area contributed by atoms with Crippen LogP contribution >= 0.6 is 0 Å². The summed E-state index contributed by atoms with van der Waals surface area (Å²) in [5.74, 6) is -3.34. The van der Waals surface area contributed by atoms with E-state index in [-0.39, 0.29) is 5.56 Å². The zero-order chi connectivity index (χ0) is 13.7. The molecular weight excluding hydrogens is 242 g/mol. The lowest BCUT2D eigenvalue weighted by atomic mass is 9.96. The number of nitriles is 1. The van der Waals surface area contributed by atoms with Crippen LogP contribution in [0, 0.1) is 11.3 Å². The minimum atomic E-state index is -1.49. The van der Waals surface area contributed by atoms with E-state index in [0.29, 0.717) is 0 Å². The summed E-state index contributed by atoms with van der Waals surface area (Å²) in [6.45, 7) is 0. The average Bonchev–Trinajstić information content (AvgIpc) is 2.38. The summed E-state index contributed by atoms with van der Waals surface area (Å²) in [4.78, 5) is 34.4. The molecule has 0 atom stereocenters. The van der Waals surface area contributed by atoms with E-state index in [1.807, 2.05) is 0 Å². The van der Waals surface area contributed by atoms with Gasteiger partial charge in [0.15, 0.2) is 5.92 Å². The van der Waals surface area contributed by atoms with Gasteiger partial charge in [0.25, 0.3) is 0 Å². The van der Waals surface area contributed by atoms with Crippen LogP contribution in [0.4, 0.5) is 0 Å². The lowest BCUT2D eigenvalue weighted by Crippen LogP contribution is -2.26. The van der Waals surface area contributed by atoms with Gasteiger partial charge in [0.2, 0.25) is 0 Å². The van der Waals surface area contributed by atoms with Crippen LogP contribution in [0.25, 0.3) is 0 Å². The van der Waals surface area contributed by atoms with Crippen LogP contribution in [0.2, 0.25) is 0 Å². The zero-order valence-electron chi connectivity index (χ0n) is 9.63. The molecule has 1 aromatic heterocycles. The minimum Gasteiger partial charge on any atom is -0.468 e. The van der Waals surface area contributed by atoms with Crippen molar-refractivity contribution in [3.8, 4) is 6.07 Å². The third kappa shape index (κ3) is 2.38. The molecule has 0 spiro atoms. The SMILES string of the molecule is COC(=O)C(C(=O)OC)c1ccoc(=O)c1C#N. The number of methoxy groups -OCH3 is 2. The van der Waals surface area contributed by atoms with E-state index in [1.165, 1.54) is 6.07 Å². The third-order valence-corrected chi connectivity index (χ3v) is 2.21. The van der Waals surface area contributed by atoms with Gasteiger partial charge in [-0.15, -0.1) is 0 Å². The van der Waals surface area contributed by atoms with Gasteiger partial charge in [-0.05, 0) is 6.07 Å². The predicted octanol–water partition coefficient (Wildman–Crippen LogP) is -0.0589. The van der Waals surface area contributed by atoms with Crippen LogP contribution < -0.4 is 5.63 Å². The molecule has 7 nitrogen and oxygen atoms in total. The van der Waals surface area contributed by atoms with Crippen molar-refractivity contribution in [1.29, 1.82) is 5.26 Å². The van der Waals surface area contributed by atoms with E-state index in [9.17, 15) is 14.4 Å². The highest BCUT2D eigenvalue weighted by atomic mass is 16.5. The lowest BCUT2D eigenvalue weighted by Gasteiger charge is -2.12. The molecular formula is C11H9NO6. The molecule has 0 aliphatic carbocycles. The molecule has 18 heavy (non-hydrogen) atoms. The third-order valence-electron chi connectivity index (χ3n) is 2.21. The molecule has 1 rings (SSSR count). The molecule has 0 bridgehead atoms. The van der Waals surface area contributed by atoms with Gasteiger partial charge < -0.3 is 13.9 Å². The van der Waals surface area contributed by atoms with Crippen LogP contribution in [0.1, 0.15) is 17.0 Å². The molecule has 0 saturated carbocycles. The predicted molar refractivity (Wildman–Crippen MR) is 56.5 cm³/mol. The Kier molecular flexibility index (Phi) is 4.21. The molecule has 1 heterocycles. The van der Waals surface area contributed by atoms with E-state index in [2.05, 4.69) is 13.9 Å². The largest absolute Gasteiger partial charge is 0.468 e. The summed E-state index contributed by atoms with van der Waals surface area (Å²) < 4.78 is 13.4. The number of carbonyl (C=O) groups excluding carboxylic acids is 2. The highest BCUT2D eigenvalue weighted by Crippen LogP contribution is 2.20. The maximum atomic E-state index is 11.5. The Hall–Kier alpha value is -2.62. The Labute approximate surface area is 102 Å². The number of ether oxygens (including phenoxy) is 2. The first-order valence-corrected chi connectivity index (χ1v) is 4.74. The fourth-order valence-corrected chi connectivity index (χ4v) is 1.37. The van der Waals surface area contributed by atoms with E-state index >= 15 is 0 Å². The number of hydrogen-bond acceptors (Lipinski definition) is 7. The Morgan fingerprint density at radius 3 is 2.33 bits per heavy atom. The summed E-state index contributed by atoms with van der Waals surface area (Å²) in [7, 11) is 2.16. The molecule has 0 unspecified atom stereocenters. The van der Waals surface area contributed by atoms with Crippen LogP contribution in [0.5, 0.6) is 0 Å². The quantitative estimate of drug-likeness (QED) is 0.547. The average molecular weight is 251 g/mol. The van der Waals surface area contributed by atoms with Crippen molar-refractivity contribution in [2.24, 2.45) is 0 Å². The topological polar surface area (TPSA) is 107 Å². The van der Waals surface area contributed by atoms with E-state index < -0.39 is 29.0 Å². The van der Waals surface area contributed by atoms with Crippen molar-refractivity contribution in [2.45, 2.75) is 5.92 Å². The first kappa shape index (κ1) is 13.4. The van der Waals surface area contributed by atoms with Gasteiger partial charge in [-0.25, -0.2) is 4.79 Å². The van der Waals surface area contributed by atoms with Crippen molar-refractivity contribution in [2.75, 3.05) is 14.2 Å². The number of carbonyl (C=O) groups is 2. The smallest absolute Gasteiger partial charge is 0.354 e. The zero-order valence-corrected chi connectivity index (χ0v) is 9.63. The molecule has 7 heteroatoms. The van der Waals surface area contributed by atoms with Gasteiger partial charge in [-0.2, -0.15) is 5.26 Å². The van der Waals surface area contributed by atoms with E-state index in [1.54, 1.807) is 6.07 Å². The minimum absolute atomic E-state index is 0.104. The van der Waals surface area contributed by atoms with Crippen molar-refractivity contribution in [3.05, 3.63) is 33.9 Å². The molecule has 94 valence electrons. The second kappa shape index (κ2) is 5.63. The highest BCUT2D eigenvalue weighted by Gasteiger charge is 2.33. The van der Waals surface area contributed by atoms with Crippen molar-refractivity contribution in [3.63, 3.8) is 0 Å². The second-order valence-electron chi connectivity index (χ2n) is 3.13. The summed E-state index contributed by atoms with van der Waals surface area (Å²) >= 11 is 0.